The monoisotopic (exact) mass is 308 g/mol. The minimum Gasteiger partial charge on any atom is -0.398 e. The number of hydrogen-bond acceptors (Lipinski definition) is 4. The summed E-state index contributed by atoms with van der Waals surface area (Å²) < 4.78 is 1.73. The minimum atomic E-state index is -0.431. The topological polar surface area (TPSA) is 90.0 Å². The number of aryl methyl sites for hydroxylation is 1. The second-order valence-electron chi connectivity index (χ2n) is 5.27. The fourth-order valence-electron chi connectivity index (χ4n) is 2.50. The van der Waals surface area contributed by atoms with E-state index in [2.05, 4.69) is 10.3 Å². The Labute approximate surface area is 132 Å². The number of carbonyl (C=O) groups is 1. The van der Waals surface area contributed by atoms with Crippen molar-refractivity contribution < 1.29 is 4.79 Å². The standard InChI is InChI=1S/C17H16N4O2/c1-21-10-12(16(22)15-13(18)5-2-6-14(15)21)17(23)20-9-11-4-3-7-19-8-11/h2-8,10H,9,18H2,1H3,(H,20,23). The molecule has 0 saturated heterocycles. The first-order valence-electron chi connectivity index (χ1n) is 7.13. The van der Waals surface area contributed by atoms with Crippen LogP contribution in [0, 0.1) is 0 Å². The number of rotatable bonds is 3. The third-order valence-electron chi connectivity index (χ3n) is 3.67. The number of nitrogens with zero attached hydrogens (tertiary/aromatic N) is 2. The normalized spacial score (nSPS) is 10.7. The summed E-state index contributed by atoms with van der Waals surface area (Å²) >= 11 is 0. The van der Waals surface area contributed by atoms with Crippen LogP contribution in [0.5, 0.6) is 0 Å². The molecule has 0 atom stereocenters. The van der Waals surface area contributed by atoms with Crippen molar-refractivity contribution in [1.29, 1.82) is 0 Å². The first kappa shape index (κ1) is 14.8. The van der Waals surface area contributed by atoms with Crippen LogP contribution in [0.3, 0.4) is 0 Å². The van der Waals surface area contributed by atoms with Crippen molar-refractivity contribution in [3.05, 3.63) is 70.3 Å². The van der Waals surface area contributed by atoms with Gasteiger partial charge >= 0.3 is 0 Å². The summed E-state index contributed by atoms with van der Waals surface area (Å²) in [6, 6.07) is 8.87. The molecular weight excluding hydrogens is 292 g/mol. The van der Waals surface area contributed by atoms with E-state index in [1.807, 2.05) is 6.07 Å². The van der Waals surface area contributed by atoms with Gasteiger partial charge < -0.3 is 15.6 Å². The summed E-state index contributed by atoms with van der Waals surface area (Å²) in [7, 11) is 1.78. The number of pyridine rings is 2. The number of anilines is 1. The fraction of sp³-hybridized carbons (Fsp3) is 0.118. The van der Waals surface area contributed by atoms with Crippen molar-refractivity contribution in [3.63, 3.8) is 0 Å². The Hall–Kier alpha value is -3.15. The number of benzene rings is 1. The van der Waals surface area contributed by atoms with Crippen molar-refractivity contribution in [2.24, 2.45) is 7.05 Å². The maximum atomic E-state index is 12.6. The van der Waals surface area contributed by atoms with Gasteiger partial charge in [-0.1, -0.05) is 12.1 Å². The molecule has 0 saturated carbocycles. The van der Waals surface area contributed by atoms with Crippen molar-refractivity contribution in [1.82, 2.24) is 14.9 Å². The molecule has 1 amide bonds. The lowest BCUT2D eigenvalue weighted by atomic mass is 10.1. The second-order valence-corrected chi connectivity index (χ2v) is 5.27. The van der Waals surface area contributed by atoms with Crippen molar-refractivity contribution in [3.8, 4) is 0 Å². The highest BCUT2D eigenvalue weighted by molar-refractivity contribution is 6.00. The molecule has 116 valence electrons. The zero-order valence-electron chi connectivity index (χ0n) is 12.6. The number of hydrogen-bond donors (Lipinski definition) is 2. The maximum absolute atomic E-state index is 12.6. The first-order valence-corrected chi connectivity index (χ1v) is 7.13. The first-order chi connectivity index (χ1) is 11.1. The van der Waals surface area contributed by atoms with Crippen LogP contribution in [0.15, 0.2) is 53.7 Å². The van der Waals surface area contributed by atoms with Gasteiger partial charge in [-0.05, 0) is 23.8 Å². The Kier molecular flexibility index (Phi) is 3.80. The maximum Gasteiger partial charge on any atom is 0.257 e. The summed E-state index contributed by atoms with van der Waals surface area (Å²) in [4.78, 5) is 28.9. The highest BCUT2D eigenvalue weighted by atomic mass is 16.2. The zero-order chi connectivity index (χ0) is 16.4. The number of aromatic nitrogens is 2. The Bertz CT molecular complexity index is 932. The van der Waals surface area contributed by atoms with E-state index < -0.39 is 5.91 Å². The molecule has 1 aromatic carbocycles. The van der Waals surface area contributed by atoms with Gasteiger partial charge in [0.15, 0.2) is 0 Å². The van der Waals surface area contributed by atoms with Crippen LogP contribution in [-0.2, 0) is 13.6 Å². The van der Waals surface area contributed by atoms with Gasteiger partial charge in [0.25, 0.3) is 5.91 Å². The van der Waals surface area contributed by atoms with E-state index in [0.717, 1.165) is 5.56 Å². The summed E-state index contributed by atoms with van der Waals surface area (Å²) in [6.45, 7) is 0.304. The quantitative estimate of drug-likeness (QED) is 0.717. The van der Waals surface area contributed by atoms with E-state index in [4.69, 9.17) is 5.73 Å². The van der Waals surface area contributed by atoms with Crippen LogP contribution in [-0.4, -0.2) is 15.5 Å². The summed E-state index contributed by atoms with van der Waals surface area (Å²) in [6.07, 6.45) is 4.85. The van der Waals surface area contributed by atoms with E-state index in [-0.39, 0.29) is 11.0 Å². The van der Waals surface area contributed by atoms with Crippen LogP contribution < -0.4 is 16.5 Å². The average Bonchev–Trinajstić information content (AvgIpc) is 2.56. The predicted octanol–water partition coefficient (Wildman–Crippen LogP) is 1.45. The average molecular weight is 308 g/mol. The Morgan fingerprint density at radius 3 is 2.87 bits per heavy atom. The SMILES string of the molecule is Cn1cc(C(=O)NCc2cccnc2)c(=O)c2c(N)cccc21. The number of nitrogens with one attached hydrogen (secondary N) is 1. The van der Waals surface area contributed by atoms with Crippen LogP contribution >= 0.6 is 0 Å². The Morgan fingerprint density at radius 2 is 2.13 bits per heavy atom. The molecule has 0 bridgehead atoms. The lowest BCUT2D eigenvalue weighted by Crippen LogP contribution is -2.29. The van der Waals surface area contributed by atoms with Crippen LogP contribution in [0.2, 0.25) is 0 Å². The van der Waals surface area contributed by atoms with E-state index in [1.54, 1.807) is 48.3 Å². The molecule has 0 spiro atoms. The molecule has 0 radical (unpaired) electrons. The van der Waals surface area contributed by atoms with Crippen molar-refractivity contribution in [2.75, 3.05) is 5.73 Å². The number of amides is 1. The highest BCUT2D eigenvalue weighted by Crippen LogP contribution is 2.17. The second kappa shape index (κ2) is 5.92. The third kappa shape index (κ3) is 2.78. The summed E-state index contributed by atoms with van der Waals surface area (Å²) in [5.74, 6) is -0.431. The number of nitrogens with two attached hydrogens (primary N) is 1. The molecule has 0 aliphatic heterocycles. The number of fused-ring (bicyclic) bond motifs is 1. The molecule has 0 unspecified atom stereocenters. The van der Waals surface area contributed by atoms with Gasteiger partial charge in [0.2, 0.25) is 5.43 Å². The molecule has 0 aliphatic rings. The molecule has 3 rings (SSSR count). The number of nitrogen functional groups attached to an aromatic ring is 1. The summed E-state index contributed by atoms with van der Waals surface area (Å²) in [5, 5.41) is 3.10. The number of carbonyl (C=O) groups excluding carboxylic acids is 1. The molecule has 23 heavy (non-hydrogen) atoms. The molecule has 3 N–H and O–H groups in total. The minimum absolute atomic E-state index is 0.0711. The lowest BCUT2D eigenvalue weighted by Gasteiger charge is -2.11. The fourth-order valence-corrected chi connectivity index (χ4v) is 2.50. The predicted molar refractivity (Wildman–Crippen MR) is 89.0 cm³/mol. The summed E-state index contributed by atoms with van der Waals surface area (Å²) in [5.41, 5.74) is 7.53. The smallest absolute Gasteiger partial charge is 0.257 e. The molecule has 2 aromatic heterocycles. The largest absolute Gasteiger partial charge is 0.398 e. The van der Waals surface area contributed by atoms with E-state index in [1.165, 1.54) is 6.20 Å². The van der Waals surface area contributed by atoms with Gasteiger partial charge in [0.1, 0.15) is 5.56 Å². The molecule has 0 aliphatic carbocycles. The van der Waals surface area contributed by atoms with Gasteiger partial charge in [-0.25, -0.2) is 0 Å². The molecule has 0 fully saturated rings. The van der Waals surface area contributed by atoms with Gasteiger partial charge in [0, 0.05) is 37.9 Å². The van der Waals surface area contributed by atoms with Gasteiger partial charge in [-0.2, -0.15) is 0 Å². The van der Waals surface area contributed by atoms with Gasteiger partial charge in [-0.3, -0.25) is 14.6 Å². The Balaban J connectivity index is 1.97. The molecular formula is C17H16N4O2. The molecule has 6 heteroatoms. The van der Waals surface area contributed by atoms with Gasteiger partial charge in [0.05, 0.1) is 10.9 Å². The Morgan fingerprint density at radius 1 is 1.30 bits per heavy atom. The molecule has 2 heterocycles. The lowest BCUT2D eigenvalue weighted by molar-refractivity contribution is 0.0949. The zero-order valence-corrected chi connectivity index (χ0v) is 12.6. The molecule has 6 nitrogen and oxygen atoms in total. The highest BCUT2D eigenvalue weighted by Gasteiger charge is 2.15. The van der Waals surface area contributed by atoms with Crippen LogP contribution in [0.4, 0.5) is 5.69 Å². The van der Waals surface area contributed by atoms with Gasteiger partial charge in [-0.15, -0.1) is 0 Å². The van der Waals surface area contributed by atoms with E-state index >= 15 is 0 Å². The van der Waals surface area contributed by atoms with E-state index in [9.17, 15) is 9.59 Å². The molecule has 3 aromatic rings. The van der Waals surface area contributed by atoms with Crippen LogP contribution in [0.1, 0.15) is 15.9 Å². The van der Waals surface area contributed by atoms with Crippen molar-refractivity contribution >= 4 is 22.5 Å². The van der Waals surface area contributed by atoms with Crippen LogP contribution in [0.25, 0.3) is 10.9 Å². The van der Waals surface area contributed by atoms with E-state index in [0.29, 0.717) is 23.1 Å². The van der Waals surface area contributed by atoms with Crippen molar-refractivity contribution in [2.45, 2.75) is 6.54 Å². The third-order valence-corrected chi connectivity index (χ3v) is 3.67.